The molecule has 148 valence electrons. The van der Waals surface area contributed by atoms with Crippen molar-refractivity contribution < 1.29 is 4.79 Å². The average Bonchev–Trinajstić information content (AvgIpc) is 3.33. The Balaban J connectivity index is 1.64. The maximum Gasteiger partial charge on any atom is 0.244 e. The quantitative estimate of drug-likeness (QED) is 0.615. The van der Waals surface area contributed by atoms with Gasteiger partial charge in [0.1, 0.15) is 6.54 Å². The lowest BCUT2D eigenvalue weighted by Gasteiger charge is -2.28. The number of anilines is 1. The van der Waals surface area contributed by atoms with Gasteiger partial charge in [0.25, 0.3) is 0 Å². The number of aromatic nitrogens is 2. The van der Waals surface area contributed by atoms with Crippen LogP contribution in [0.3, 0.4) is 0 Å². The second-order valence-electron chi connectivity index (χ2n) is 6.89. The number of thiocarbonyl (C=S) groups is 1. The number of rotatable bonds is 6. The van der Waals surface area contributed by atoms with Crippen molar-refractivity contribution in [3.8, 4) is 0 Å². The van der Waals surface area contributed by atoms with E-state index in [0.717, 1.165) is 23.6 Å². The van der Waals surface area contributed by atoms with Crippen molar-refractivity contribution in [1.82, 2.24) is 19.8 Å². The van der Waals surface area contributed by atoms with Crippen LogP contribution in [0.5, 0.6) is 0 Å². The molecule has 6 nitrogen and oxygen atoms in total. The fourth-order valence-electron chi connectivity index (χ4n) is 3.76. The first-order valence-electron chi connectivity index (χ1n) is 9.65. The lowest BCUT2D eigenvalue weighted by atomic mass is 10.0. The fraction of sp³-hybridized carbons (Fsp3) is 0.227. The normalized spacial score (nSPS) is 18.5. The van der Waals surface area contributed by atoms with Gasteiger partial charge in [-0.1, -0.05) is 24.3 Å². The van der Waals surface area contributed by atoms with E-state index in [1.807, 2.05) is 59.5 Å². The first kappa shape index (κ1) is 19.1. The molecule has 0 saturated carbocycles. The minimum absolute atomic E-state index is 0.110. The zero-order chi connectivity index (χ0) is 20.2. The second-order valence-corrected chi connectivity index (χ2v) is 7.27. The summed E-state index contributed by atoms with van der Waals surface area (Å²) in [6.45, 7) is 3.10. The molecule has 1 amide bonds. The van der Waals surface area contributed by atoms with Crippen LogP contribution in [0.1, 0.15) is 30.4 Å². The highest BCUT2D eigenvalue weighted by molar-refractivity contribution is 7.80. The van der Waals surface area contributed by atoms with Crippen LogP contribution >= 0.6 is 12.2 Å². The molecule has 1 saturated heterocycles. The largest absolute Gasteiger partial charge is 0.352 e. The third-order valence-electron chi connectivity index (χ3n) is 5.08. The van der Waals surface area contributed by atoms with Crippen LogP contribution < -0.4 is 10.6 Å². The Hall–Kier alpha value is -3.19. The van der Waals surface area contributed by atoms with E-state index in [2.05, 4.69) is 39.4 Å². The lowest BCUT2D eigenvalue weighted by molar-refractivity contribution is -0.116. The maximum absolute atomic E-state index is 12.8. The molecule has 3 heterocycles. The molecule has 2 N–H and O–H groups in total. The summed E-state index contributed by atoms with van der Waals surface area (Å²) in [6, 6.07) is 19.1. The molecule has 0 radical (unpaired) electrons. The Kier molecular flexibility index (Phi) is 5.57. The lowest BCUT2D eigenvalue weighted by Crippen LogP contribution is -2.37. The van der Waals surface area contributed by atoms with Crippen LogP contribution in [-0.2, 0) is 11.3 Å². The summed E-state index contributed by atoms with van der Waals surface area (Å²) in [5, 5.41) is 6.88. The van der Waals surface area contributed by atoms with Gasteiger partial charge < -0.3 is 20.1 Å². The summed E-state index contributed by atoms with van der Waals surface area (Å²) in [5.74, 6) is -0.110. The van der Waals surface area contributed by atoms with Crippen molar-refractivity contribution in [2.24, 2.45) is 0 Å². The van der Waals surface area contributed by atoms with Crippen molar-refractivity contribution >= 4 is 28.9 Å². The molecule has 7 heteroatoms. The summed E-state index contributed by atoms with van der Waals surface area (Å²) in [6.07, 6.45) is 3.83. The molecule has 3 aromatic rings. The predicted molar refractivity (Wildman–Crippen MR) is 117 cm³/mol. The smallest absolute Gasteiger partial charge is 0.244 e. The number of carbonyl (C=O) groups excluding carboxylic acids is 1. The highest BCUT2D eigenvalue weighted by Gasteiger charge is 2.41. The van der Waals surface area contributed by atoms with E-state index in [0.29, 0.717) is 5.11 Å². The van der Waals surface area contributed by atoms with Gasteiger partial charge in [-0.25, -0.2) is 0 Å². The van der Waals surface area contributed by atoms with Crippen molar-refractivity contribution in [2.75, 3.05) is 11.9 Å². The van der Waals surface area contributed by atoms with Crippen LogP contribution in [0.15, 0.2) is 73.1 Å². The fourth-order valence-corrected chi connectivity index (χ4v) is 4.06. The molecular weight excluding hydrogens is 382 g/mol. The summed E-state index contributed by atoms with van der Waals surface area (Å²) in [4.78, 5) is 19.3. The van der Waals surface area contributed by atoms with E-state index in [4.69, 9.17) is 12.2 Å². The minimum atomic E-state index is -0.131. The number of aryl methyl sites for hydroxylation is 1. The second kappa shape index (κ2) is 8.45. The molecule has 1 aromatic carbocycles. The number of para-hydroxylation sites is 1. The van der Waals surface area contributed by atoms with Gasteiger partial charge in [-0.15, -0.1) is 0 Å². The van der Waals surface area contributed by atoms with E-state index < -0.39 is 0 Å². The van der Waals surface area contributed by atoms with Crippen LogP contribution in [-0.4, -0.2) is 32.0 Å². The first-order valence-corrected chi connectivity index (χ1v) is 10.1. The molecule has 2 aromatic heterocycles. The highest BCUT2D eigenvalue weighted by Crippen LogP contribution is 2.38. The van der Waals surface area contributed by atoms with Crippen LogP contribution in [0.4, 0.5) is 5.69 Å². The zero-order valence-electron chi connectivity index (χ0n) is 16.2. The van der Waals surface area contributed by atoms with Gasteiger partial charge in [0.2, 0.25) is 5.91 Å². The number of carbonyl (C=O) groups is 1. The SMILES string of the molecule is CCn1cccc1[C@H]1[C@H](c2ccccn2)NC(=S)N1CC(=O)Nc1ccccc1. The molecule has 1 fully saturated rings. The molecule has 1 aliphatic heterocycles. The zero-order valence-corrected chi connectivity index (χ0v) is 17.0. The summed E-state index contributed by atoms with van der Waals surface area (Å²) in [5.41, 5.74) is 2.77. The van der Waals surface area contributed by atoms with Gasteiger partial charge in [0.15, 0.2) is 5.11 Å². The van der Waals surface area contributed by atoms with Crippen molar-refractivity contribution in [3.63, 3.8) is 0 Å². The average molecular weight is 406 g/mol. The van der Waals surface area contributed by atoms with Crippen molar-refractivity contribution in [1.29, 1.82) is 0 Å². The molecule has 1 aliphatic rings. The standard InChI is InChI=1S/C22H23N5OS/c1-2-26-14-8-12-18(26)21-20(17-11-6-7-13-23-17)25-22(29)27(21)15-19(28)24-16-9-4-3-5-10-16/h3-14,20-21H,2,15H2,1H3,(H,24,28)(H,25,29)/t20-,21-/m0/s1. The Morgan fingerprint density at radius 2 is 1.93 bits per heavy atom. The topological polar surface area (TPSA) is 62.2 Å². The third kappa shape index (κ3) is 4.00. The summed E-state index contributed by atoms with van der Waals surface area (Å²) < 4.78 is 2.18. The summed E-state index contributed by atoms with van der Waals surface area (Å²) in [7, 11) is 0. The number of nitrogens with zero attached hydrogens (tertiary/aromatic N) is 3. The van der Waals surface area contributed by atoms with Gasteiger partial charge in [-0.3, -0.25) is 9.78 Å². The Bertz CT molecular complexity index is 989. The third-order valence-corrected chi connectivity index (χ3v) is 5.43. The van der Waals surface area contributed by atoms with E-state index in [-0.39, 0.29) is 24.5 Å². The molecule has 0 unspecified atom stereocenters. The molecular formula is C22H23N5OS. The van der Waals surface area contributed by atoms with E-state index in [1.54, 1.807) is 6.20 Å². The first-order chi connectivity index (χ1) is 14.2. The maximum atomic E-state index is 12.8. The van der Waals surface area contributed by atoms with Crippen LogP contribution in [0.2, 0.25) is 0 Å². The number of pyridine rings is 1. The van der Waals surface area contributed by atoms with Gasteiger partial charge in [0, 0.05) is 30.3 Å². The number of benzene rings is 1. The van der Waals surface area contributed by atoms with Gasteiger partial charge >= 0.3 is 0 Å². The Morgan fingerprint density at radius 1 is 1.14 bits per heavy atom. The molecule has 0 bridgehead atoms. The number of amides is 1. The Morgan fingerprint density at radius 3 is 2.66 bits per heavy atom. The van der Waals surface area contributed by atoms with Crippen molar-refractivity contribution in [3.05, 3.63) is 84.4 Å². The van der Waals surface area contributed by atoms with E-state index >= 15 is 0 Å². The molecule has 4 rings (SSSR count). The predicted octanol–water partition coefficient (Wildman–Crippen LogP) is 3.51. The molecule has 29 heavy (non-hydrogen) atoms. The molecule has 2 atom stereocenters. The van der Waals surface area contributed by atoms with Gasteiger partial charge in [-0.05, 0) is 55.5 Å². The van der Waals surface area contributed by atoms with E-state index in [1.165, 1.54) is 0 Å². The molecule has 0 spiro atoms. The van der Waals surface area contributed by atoms with Gasteiger partial charge in [-0.2, -0.15) is 0 Å². The van der Waals surface area contributed by atoms with Crippen molar-refractivity contribution in [2.45, 2.75) is 25.6 Å². The highest BCUT2D eigenvalue weighted by atomic mass is 32.1. The monoisotopic (exact) mass is 405 g/mol. The number of nitrogens with one attached hydrogen (secondary N) is 2. The van der Waals surface area contributed by atoms with Crippen LogP contribution in [0.25, 0.3) is 0 Å². The van der Waals surface area contributed by atoms with Crippen LogP contribution in [0, 0.1) is 0 Å². The summed E-state index contributed by atoms with van der Waals surface area (Å²) >= 11 is 5.63. The van der Waals surface area contributed by atoms with Gasteiger partial charge in [0.05, 0.1) is 17.8 Å². The number of hydrogen-bond donors (Lipinski definition) is 2. The minimum Gasteiger partial charge on any atom is -0.352 e. The van der Waals surface area contributed by atoms with E-state index in [9.17, 15) is 4.79 Å². The molecule has 0 aliphatic carbocycles. The number of hydrogen-bond acceptors (Lipinski definition) is 3. The Labute approximate surface area is 175 Å².